The number of nitrogens with one attached hydrogen (secondary N) is 1. The normalized spacial score (nSPS) is 11.8. The second kappa shape index (κ2) is 7.34. The number of thioether (sulfide) groups is 2. The fraction of sp³-hybridized carbons (Fsp3) is 0.571. The van der Waals surface area contributed by atoms with E-state index >= 15 is 0 Å². The lowest BCUT2D eigenvalue weighted by atomic mass is 10.1. The zero-order valence-electron chi connectivity index (χ0n) is 11.2. The Morgan fingerprint density at radius 1 is 1.18 bits per heavy atom. The molecule has 0 atom stereocenters. The molecular formula is C14H23NS2. The maximum absolute atomic E-state index is 3.52. The van der Waals surface area contributed by atoms with Crippen molar-refractivity contribution in [2.45, 2.75) is 37.8 Å². The Bertz CT molecular complexity index is 331. The van der Waals surface area contributed by atoms with Gasteiger partial charge in [-0.15, -0.1) is 11.8 Å². The first-order valence-electron chi connectivity index (χ1n) is 5.97. The number of hydrogen-bond acceptors (Lipinski definition) is 3. The Morgan fingerprint density at radius 3 is 2.59 bits per heavy atom. The molecule has 1 aromatic carbocycles. The van der Waals surface area contributed by atoms with Crippen molar-refractivity contribution in [3.8, 4) is 0 Å². The Kier molecular flexibility index (Phi) is 6.45. The largest absolute Gasteiger partial charge is 0.308 e. The molecule has 3 heteroatoms. The summed E-state index contributed by atoms with van der Waals surface area (Å²) in [6.45, 7) is 7.54. The predicted molar refractivity (Wildman–Crippen MR) is 82.1 cm³/mol. The van der Waals surface area contributed by atoms with Gasteiger partial charge in [0.1, 0.15) is 0 Å². The van der Waals surface area contributed by atoms with Crippen molar-refractivity contribution in [2.75, 3.05) is 17.8 Å². The zero-order valence-corrected chi connectivity index (χ0v) is 12.9. The van der Waals surface area contributed by atoms with Crippen LogP contribution in [0, 0.1) is 0 Å². The van der Waals surface area contributed by atoms with E-state index in [9.17, 15) is 0 Å². The average Bonchev–Trinajstić information content (AvgIpc) is 2.27. The van der Waals surface area contributed by atoms with Crippen molar-refractivity contribution < 1.29 is 0 Å². The molecule has 1 rings (SSSR count). The summed E-state index contributed by atoms with van der Waals surface area (Å²) in [7, 11) is 0. The molecule has 0 spiro atoms. The lowest BCUT2D eigenvalue weighted by molar-refractivity contribution is 0.424. The van der Waals surface area contributed by atoms with Crippen molar-refractivity contribution in [1.82, 2.24) is 5.32 Å². The fourth-order valence-corrected chi connectivity index (χ4v) is 3.00. The van der Waals surface area contributed by atoms with Crippen LogP contribution in [0.2, 0.25) is 0 Å². The van der Waals surface area contributed by atoms with E-state index in [-0.39, 0.29) is 5.54 Å². The van der Waals surface area contributed by atoms with Crippen molar-refractivity contribution >= 4 is 23.5 Å². The van der Waals surface area contributed by atoms with E-state index in [1.807, 2.05) is 23.5 Å². The van der Waals surface area contributed by atoms with E-state index in [2.05, 4.69) is 56.6 Å². The van der Waals surface area contributed by atoms with Gasteiger partial charge in [0, 0.05) is 28.5 Å². The first-order valence-corrected chi connectivity index (χ1v) is 8.35. The SMILES string of the molecule is CSCCSc1cccc(CNC(C)(C)C)c1. The second-order valence-electron chi connectivity index (χ2n) is 5.09. The minimum atomic E-state index is 0.183. The Hall–Kier alpha value is -0.120. The van der Waals surface area contributed by atoms with Crippen LogP contribution in [0.4, 0.5) is 0 Å². The first kappa shape index (κ1) is 14.9. The van der Waals surface area contributed by atoms with E-state index in [4.69, 9.17) is 0 Å². The molecule has 96 valence electrons. The molecular weight excluding hydrogens is 246 g/mol. The standard InChI is InChI=1S/C14H23NS2/c1-14(2,3)15-11-12-6-5-7-13(10-12)17-9-8-16-4/h5-7,10,15H,8-9,11H2,1-4H3. The van der Waals surface area contributed by atoms with E-state index < -0.39 is 0 Å². The van der Waals surface area contributed by atoms with Crippen molar-refractivity contribution in [1.29, 1.82) is 0 Å². The predicted octanol–water partition coefficient (Wildman–Crippen LogP) is 4.03. The van der Waals surface area contributed by atoms with Gasteiger partial charge >= 0.3 is 0 Å². The van der Waals surface area contributed by atoms with Crippen molar-refractivity contribution in [3.63, 3.8) is 0 Å². The monoisotopic (exact) mass is 269 g/mol. The van der Waals surface area contributed by atoms with Crippen LogP contribution >= 0.6 is 23.5 Å². The summed E-state index contributed by atoms with van der Waals surface area (Å²) in [5.41, 5.74) is 1.55. The molecule has 0 aliphatic rings. The van der Waals surface area contributed by atoms with Crippen LogP contribution in [0.3, 0.4) is 0 Å². The van der Waals surface area contributed by atoms with E-state index in [0.717, 1.165) is 6.54 Å². The highest BCUT2D eigenvalue weighted by Gasteiger charge is 2.08. The van der Waals surface area contributed by atoms with Crippen molar-refractivity contribution in [3.05, 3.63) is 29.8 Å². The van der Waals surface area contributed by atoms with Crippen LogP contribution < -0.4 is 5.32 Å². The molecule has 0 saturated carbocycles. The molecule has 0 unspecified atom stereocenters. The van der Waals surface area contributed by atoms with Crippen LogP contribution in [-0.2, 0) is 6.54 Å². The van der Waals surface area contributed by atoms with E-state index in [0.29, 0.717) is 0 Å². The molecule has 0 bridgehead atoms. The first-order chi connectivity index (χ1) is 8.01. The third kappa shape index (κ3) is 7.02. The summed E-state index contributed by atoms with van der Waals surface area (Å²) >= 11 is 3.85. The van der Waals surface area contributed by atoms with Crippen molar-refractivity contribution in [2.24, 2.45) is 0 Å². The smallest absolute Gasteiger partial charge is 0.0210 e. The van der Waals surface area contributed by atoms with Crippen LogP contribution in [0.1, 0.15) is 26.3 Å². The van der Waals surface area contributed by atoms with Gasteiger partial charge in [0.2, 0.25) is 0 Å². The Morgan fingerprint density at radius 2 is 1.94 bits per heavy atom. The van der Waals surface area contributed by atoms with Crippen LogP contribution in [0.5, 0.6) is 0 Å². The topological polar surface area (TPSA) is 12.0 Å². The highest BCUT2D eigenvalue weighted by molar-refractivity contribution is 8.02. The molecule has 0 aliphatic heterocycles. The Labute approximate surface area is 114 Å². The van der Waals surface area contributed by atoms with Gasteiger partial charge in [0.25, 0.3) is 0 Å². The highest BCUT2D eigenvalue weighted by atomic mass is 32.2. The molecule has 1 nitrogen and oxygen atoms in total. The summed E-state index contributed by atoms with van der Waals surface area (Å²) in [6, 6.07) is 8.84. The maximum Gasteiger partial charge on any atom is 0.0210 e. The van der Waals surface area contributed by atoms with Gasteiger partial charge in [-0.2, -0.15) is 11.8 Å². The molecule has 0 saturated heterocycles. The number of benzene rings is 1. The van der Waals surface area contributed by atoms with Crippen LogP contribution in [-0.4, -0.2) is 23.3 Å². The molecule has 1 aromatic rings. The molecule has 0 aromatic heterocycles. The van der Waals surface area contributed by atoms with Crippen LogP contribution in [0.15, 0.2) is 29.2 Å². The molecule has 17 heavy (non-hydrogen) atoms. The second-order valence-corrected chi connectivity index (χ2v) is 7.25. The van der Waals surface area contributed by atoms with Gasteiger partial charge in [-0.1, -0.05) is 12.1 Å². The highest BCUT2D eigenvalue weighted by Crippen LogP contribution is 2.20. The molecule has 0 radical (unpaired) electrons. The fourth-order valence-electron chi connectivity index (χ4n) is 1.36. The number of hydrogen-bond donors (Lipinski definition) is 1. The maximum atomic E-state index is 3.52. The summed E-state index contributed by atoms with van der Waals surface area (Å²) in [6.07, 6.45) is 2.16. The quantitative estimate of drug-likeness (QED) is 0.618. The van der Waals surface area contributed by atoms with Gasteiger partial charge < -0.3 is 5.32 Å². The molecule has 0 fully saturated rings. The molecule has 1 N–H and O–H groups in total. The summed E-state index contributed by atoms with van der Waals surface area (Å²) in [5.74, 6) is 2.41. The average molecular weight is 269 g/mol. The van der Waals surface area contributed by atoms with Gasteiger partial charge in [0.05, 0.1) is 0 Å². The van der Waals surface area contributed by atoms with Gasteiger partial charge in [-0.05, 0) is 44.7 Å². The minimum absolute atomic E-state index is 0.183. The summed E-state index contributed by atoms with van der Waals surface area (Å²) in [4.78, 5) is 1.38. The lowest BCUT2D eigenvalue weighted by Crippen LogP contribution is -2.35. The molecule has 0 aliphatic carbocycles. The lowest BCUT2D eigenvalue weighted by Gasteiger charge is -2.20. The molecule has 0 amide bonds. The summed E-state index contributed by atoms with van der Waals surface area (Å²) in [5, 5.41) is 3.52. The van der Waals surface area contributed by atoms with Gasteiger partial charge in [0.15, 0.2) is 0 Å². The summed E-state index contributed by atoms with van der Waals surface area (Å²) < 4.78 is 0. The minimum Gasteiger partial charge on any atom is -0.308 e. The van der Waals surface area contributed by atoms with Gasteiger partial charge in [-0.25, -0.2) is 0 Å². The van der Waals surface area contributed by atoms with Crippen LogP contribution in [0.25, 0.3) is 0 Å². The molecule has 0 heterocycles. The van der Waals surface area contributed by atoms with E-state index in [1.54, 1.807) is 0 Å². The van der Waals surface area contributed by atoms with E-state index in [1.165, 1.54) is 22.0 Å². The number of rotatable bonds is 6. The third-order valence-corrected chi connectivity index (χ3v) is 4.14. The zero-order chi connectivity index (χ0) is 12.7. The third-order valence-electron chi connectivity index (χ3n) is 2.28. The Balaban J connectivity index is 2.48. The van der Waals surface area contributed by atoms with Gasteiger partial charge in [-0.3, -0.25) is 0 Å².